The van der Waals surface area contributed by atoms with E-state index < -0.39 is 17.6 Å². The van der Waals surface area contributed by atoms with E-state index in [1.54, 1.807) is 31.3 Å². The first-order valence-electron chi connectivity index (χ1n) is 8.29. The van der Waals surface area contributed by atoms with Gasteiger partial charge >= 0.3 is 6.18 Å². The maximum Gasteiger partial charge on any atom is 0.416 e. The lowest BCUT2D eigenvalue weighted by Crippen LogP contribution is -2.28. The predicted molar refractivity (Wildman–Crippen MR) is 102 cm³/mol. The molecule has 3 aromatic rings. The third kappa shape index (κ3) is 5.41. The predicted octanol–water partition coefficient (Wildman–Crippen LogP) is 3.39. The molecule has 11 heteroatoms. The van der Waals surface area contributed by atoms with E-state index in [0.717, 1.165) is 28.9 Å². The lowest BCUT2D eigenvalue weighted by molar-refractivity contribution is -0.137. The average molecular weight is 420 g/mol. The van der Waals surface area contributed by atoms with Crippen molar-refractivity contribution in [1.82, 2.24) is 20.2 Å². The zero-order chi connectivity index (χ0) is 20.9. The number of benzene rings is 2. The van der Waals surface area contributed by atoms with Crippen molar-refractivity contribution >= 4 is 29.6 Å². The quantitative estimate of drug-likeness (QED) is 0.347. The number of tetrazole rings is 1. The molecule has 0 spiro atoms. The number of hydrazone groups is 1. The van der Waals surface area contributed by atoms with Gasteiger partial charge in [0, 0.05) is 7.05 Å². The molecule has 0 aliphatic rings. The van der Waals surface area contributed by atoms with Crippen molar-refractivity contribution in [2.24, 2.45) is 12.1 Å². The molecule has 3 rings (SSSR count). The molecule has 0 aliphatic heterocycles. The molecule has 0 radical (unpaired) electrons. The maximum atomic E-state index is 13.1. The van der Waals surface area contributed by atoms with Crippen LogP contribution in [0.25, 0.3) is 0 Å². The molecule has 0 bridgehead atoms. The minimum absolute atomic E-state index is 0.00805. The minimum Gasteiger partial charge on any atom is -0.272 e. The molecule has 0 N–H and O–H groups in total. The number of rotatable bonds is 6. The van der Waals surface area contributed by atoms with E-state index in [0.29, 0.717) is 10.7 Å². The number of thioether (sulfide) groups is 1. The number of halogens is 3. The standard InChI is InChI=1S/C18H15F3N6OS/c1-26-17(23-24-25-26)29-12-16(28)27(22-11-13-6-3-2-4-7-13)15-9-5-8-14(10-15)18(19,20)21/h2-11H,12H2,1H3/b22-11+. The highest BCUT2D eigenvalue weighted by Crippen LogP contribution is 2.32. The first kappa shape index (κ1) is 20.5. The molecule has 0 atom stereocenters. The van der Waals surface area contributed by atoms with Crippen molar-refractivity contribution < 1.29 is 18.0 Å². The van der Waals surface area contributed by atoms with Crippen LogP contribution in [0, 0.1) is 0 Å². The lowest BCUT2D eigenvalue weighted by atomic mass is 10.2. The molecule has 0 saturated carbocycles. The van der Waals surface area contributed by atoms with Gasteiger partial charge in [-0.15, -0.1) is 5.10 Å². The summed E-state index contributed by atoms with van der Waals surface area (Å²) in [6, 6.07) is 13.4. The van der Waals surface area contributed by atoms with Gasteiger partial charge in [-0.1, -0.05) is 48.2 Å². The van der Waals surface area contributed by atoms with Gasteiger partial charge < -0.3 is 0 Å². The molecule has 0 saturated heterocycles. The number of aromatic nitrogens is 4. The summed E-state index contributed by atoms with van der Waals surface area (Å²) in [6.45, 7) is 0. The van der Waals surface area contributed by atoms with Gasteiger partial charge in [-0.2, -0.15) is 18.3 Å². The van der Waals surface area contributed by atoms with Crippen LogP contribution in [0.5, 0.6) is 0 Å². The minimum atomic E-state index is -4.53. The Bertz CT molecular complexity index is 1010. The molecule has 0 aliphatic carbocycles. The number of carbonyl (C=O) groups excluding carboxylic acids is 1. The summed E-state index contributed by atoms with van der Waals surface area (Å²) in [6.07, 6.45) is -3.13. The van der Waals surface area contributed by atoms with E-state index in [2.05, 4.69) is 20.6 Å². The third-order valence-electron chi connectivity index (χ3n) is 3.68. The van der Waals surface area contributed by atoms with E-state index in [9.17, 15) is 18.0 Å². The molecule has 150 valence electrons. The van der Waals surface area contributed by atoms with Crippen molar-refractivity contribution in [3.63, 3.8) is 0 Å². The first-order chi connectivity index (χ1) is 13.8. The third-order valence-corrected chi connectivity index (χ3v) is 4.68. The Balaban J connectivity index is 1.88. The highest BCUT2D eigenvalue weighted by molar-refractivity contribution is 7.99. The Morgan fingerprint density at radius 3 is 2.62 bits per heavy atom. The van der Waals surface area contributed by atoms with Crippen molar-refractivity contribution in [2.75, 3.05) is 10.8 Å². The van der Waals surface area contributed by atoms with Crippen molar-refractivity contribution in [3.05, 3.63) is 65.7 Å². The summed E-state index contributed by atoms with van der Waals surface area (Å²) in [7, 11) is 1.62. The van der Waals surface area contributed by atoms with Gasteiger partial charge in [-0.05, 0) is 34.2 Å². The SMILES string of the molecule is Cn1nnnc1SCC(=O)N(/N=C/c1ccccc1)c1cccc(C(F)(F)F)c1. The van der Waals surface area contributed by atoms with Crippen molar-refractivity contribution in [3.8, 4) is 0 Å². The Morgan fingerprint density at radius 2 is 1.97 bits per heavy atom. The van der Waals surface area contributed by atoms with Gasteiger partial charge in [0.25, 0.3) is 5.91 Å². The molecular formula is C18H15F3N6OS. The van der Waals surface area contributed by atoms with Gasteiger partial charge in [-0.25, -0.2) is 9.69 Å². The molecule has 29 heavy (non-hydrogen) atoms. The van der Waals surface area contributed by atoms with E-state index in [4.69, 9.17) is 0 Å². The van der Waals surface area contributed by atoms with Crippen molar-refractivity contribution in [1.29, 1.82) is 0 Å². The normalized spacial score (nSPS) is 11.7. The smallest absolute Gasteiger partial charge is 0.272 e. The molecule has 1 heterocycles. The Morgan fingerprint density at radius 1 is 1.21 bits per heavy atom. The second kappa shape index (κ2) is 8.86. The topological polar surface area (TPSA) is 76.3 Å². The number of anilines is 1. The molecule has 0 fully saturated rings. The van der Waals surface area contributed by atoms with Crippen LogP contribution in [0.3, 0.4) is 0 Å². The number of hydrogen-bond donors (Lipinski definition) is 0. The van der Waals surface area contributed by atoms with Gasteiger partial charge in [0.05, 0.1) is 23.2 Å². The molecular weight excluding hydrogens is 405 g/mol. The van der Waals surface area contributed by atoms with E-state index in [1.165, 1.54) is 23.0 Å². The van der Waals surface area contributed by atoms with Crippen LogP contribution in [0.4, 0.5) is 18.9 Å². The molecule has 7 nitrogen and oxygen atoms in total. The second-order valence-corrected chi connectivity index (χ2v) is 6.73. The fourth-order valence-electron chi connectivity index (χ4n) is 2.28. The number of aryl methyl sites for hydroxylation is 1. The monoisotopic (exact) mass is 420 g/mol. The number of alkyl halides is 3. The van der Waals surface area contributed by atoms with Crippen LogP contribution in [0.15, 0.2) is 64.9 Å². The summed E-state index contributed by atoms with van der Waals surface area (Å²) in [5.74, 6) is -0.638. The number of carbonyl (C=O) groups is 1. The fraction of sp³-hybridized carbons (Fsp3) is 0.167. The summed E-state index contributed by atoms with van der Waals surface area (Å²) >= 11 is 1.06. The summed E-state index contributed by atoms with van der Waals surface area (Å²) in [4.78, 5) is 12.8. The lowest BCUT2D eigenvalue weighted by Gasteiger charge is -2.18. The van der Waals surface area contributed by atoms with Gasteiger partial charge in [0.2, 0.25) is 5.16 Å². The fourth-order valence-corrected chi connectivity index (χ4v) is 2.98. The van der Waals surface area contributed by atoms with Crippen molar-refractivity contribution in [2.45, 2.75) is 11.3 Å². The first-order valence-corrected chi connectivity index (χ1v) is 9.27. The Labute approximate surface area is 168 Å². The van der Waals surface area contributed by atoms with Gasteiger partial charge in [0.1, 0.15) is 0 Å². The summed E-state index contributed by atoms with van der Waals surface area (Å²) in [5.41, 5.74) is -0.163. The van der Waals surface area contributed by atoms with Gasteiger partial charge in [0.15, 0.2) is 0 Å². The second-order valence-electron chi connectivity index (χ2n) is 5.78. The average Bonchev–Trinajstić information content (AvgIpc) is 3.12. The zero-order valence-electron chi connectivity index (χ0n) is 15.1. The zero-order valence-corrected chi connectivity index (χ0v) is 15.9. The Hall–Kier alpha value is -3.21. The van der Waals surface area contributed by atoms with Crippen LogP contribution >= 0.6 is 11.8 Å². The molecule has 1 amide bonds. The molecule has 2 aromatic carbocycles. The van der Waals surface area contributed by atoms with E-state index in [1.807, 2.05) is 6.07 Å². The highest BCUT2D eigenvalue weighted by atomic mass is 32.2. The van der Waals surface area contributed by atoms with Gasteiger partial charge in [-0.3, -0.25) is 4.79 Å². The highest BCUT2D eigenvalue weighted by Gasteiger charge is 2.31. The van der Waals surface area contributed by atoms with Crippen LogP contribution in [-0.2, 0) is 18.0 Å². The van der Waals surface area contributed by atoms with E-state index >= 15 is 0 Å². The number of nitrogens with zero attached hydrogens (tertiary/aromatic N) is 6. The molecule has 1 aromatic heterocycles. The van der Waals surface area contributed by atoms with E-state index in [-0.39, 0.29) is 11.4 Å². The maximum absolute atomic E-state index is 13.1. The Kier molecular flexibility index (Phi) is 6.27. The summed E-state index contributed by atoms with van der Waals surface area (Å²) in [5, 5.41) is 16.4. The van der Waals surface area contributed by atoms with Crippen LogP contribution in [-0.4, -0.2) is 38.1 Å². The van der Waals surface area contributed by atoms with Crippen LogP contribution < -0.4 is 5.01 Å². The van der Waals surface area contributed by atoms with Crippen LogP contribution in [0.2, 0.25) is 0 Å². The number of amides is 1. The number of hydrogen-bond acceptors (Lipinski definition) is 6. The summed E-state index contributed by atoms with van der Waals surface area (Å²) < 4.78 is 40.7. The largest absolute Gasteiger partial charge is 0.416 e. The van der Waals surface area contributed by atoms with Crippen LogP contribution in [0.1, 0.15) is 11.1 Å². The molecule has 0 unspecified atom stereocenters.